The van der Waals surface area contributed by atoms with Crippen LogP contribution < -0.4 is 14.9 Å². The van der Waals surface area contributed by atoms with E-state index in [9.17, 15) is 4.79 Å². The van der Waals surface area contributed by atoms with Gasteiger partial charge in [0.2, 0.25) is 0 Å². The van der Waals surface area contributed by atoms with Crippen molar-refractivity contribution in [2.75, 3.05) is 0 Å². The SMILES string of the molecule is Cc1ccc(COc2ccccc2/C=N/NC(=O)c2ccc(OCc3ccc(Cl)cc3)cc2)cc1. The molecule has 0 atom stereocenters. The topological polar surface area (TPSA) is 59.9 Å². The number of carbonyl (C=O) groups excluding carboxylic acids is 1. The van der Waals surface area contributed by atoms with Crippen LogP contribution in [0.5, 0.6) is 11.5 Å². The summed E-state index contributed by atoms with van der Waals surface area (Å²) in [4.78, 5) is 12.5. The zero-order chi connectivity index (χ0) is 24.5. The number of carbonyl (C=O) groups is 1. The van der Waals surface area contributed by atoms with Gasteiger partial charge in [-0.1, -0.05) is 65.7 Å². The Kier molecular flexibility index (Phi) is 8.15. The molecule has 0 saturated carbocycles. The first-order chi connectivity index (χ1) is 17.1. The predicted molar refractivity (Wildman–Crippen MR) is 139 cm³/mol. The second-order valence-corrected chi connectivity index (χ2v) is 8.39. The van der Waals surface area contributed by atoms with E-state index >= 15 is 0 Å². The lowest BCUT2D eigenvalue weighted by atomic mass is 10.1. The number of hydrogen-bond acceptors (Lipinski definition) is 4. The molecule has 0 aliphatic heterocycles. The van der Waals surface area contributed by atoms with E-state index in [1.165, 1.54) is 5.56 Å². The average Bonchev–Trinajstić information content (AvgIpc) is 2.89. The van der Waals surface area contributed by atoms with Crippen molar-refractivity contribution >= 4 is 23.7 Å². The Bertz CT molecular complexity index is 1290. The minimum absolute atomic E-state index is 0.316. The van der Waals surface area contributed by atoms with Crippen LogP contribution in [0.2, 0.25) is 5.02 Å². The van der Waals surface area contributed by atoms with Crippen molar-refractivity contribution in [1.82, 2.24) is 5.43 Å². The highest BCUT2D eigenvalue weighted by Gasteiger charge is 2.06. The Morgan fingerprint density at radius 2 is 1.46 bits per heavy atom. The van der Waals surface area contributed by atoms with Gasteiger partial charge in [-0.25, -0.2) is 5.43 Å². The zero-order valence-electron chi connectivity index (χ0n) is 19.3. The van der Waals surface area contributed by atoms with Crippen LogP contribution in [0.1, 0.15) is 32.6 Å². The largest absolute Gasteiger partial charge is 0.489 e. The molecule has 0 bridgehead atoms. The van der Waals surface area contributed by atoms with E-state index in [0.29, 0.717) is 35.3 Å². The maximum atomic E-state index is 12.5. The van der Waals surface area contributed by atoms with Crippen LogP contribution in [0.3, 0.4) is 0 Å². The lowest BCUT2D eigenvalue weighted by Crippen LogP contribution is -2.17. The lowest BCUT2D eigenvalue weighted by Gasteiger charge is -2.09. The average molecular weight is 485 g/mol. The van der Waals surface area contributed by atoms with Crippen LogP contribution in [-0.4, -0.2) is 12.1 Å². The molecule has 35 heavy (non-hydrogen) atoms. The molecule has 0 aromatic heterocycles. The summed E-state index contributed by atoms with van der Waals surface area (Å²) in [6.07, 6.45) is 1.58. The number of hydrazone groups is 1. The first-order valence-electron chi connectivity index (χ1n) is 11.1. The van der Waals surface area contributed by atoms with Crippen LogP contribution in [0, 0.1) is 6.92 Å². The van der Waals surface area contributed by atoms with E-state index in [1.54, 1.807) is 30.5 Å². The summed E-state index contributed by atoms with van der Waals surface area (Å²) in [6.45, 7) is 2.91. The molecular weight excluding hydrogens is 460 g/mol. The van der Waals surface area contributed by atoms with Crippen molar-refractivity contribution in [3.8, 4) is 11.5 Å². The van der Waals surface area contributed by atoms with Gasteiger partial charge < -0.3 is 9.47 Å². The molecular formula is C29H25ClN2O3. The van der Waals surface area contributed by atoms with E-state index in [2.05, 4.69) is 29.6 Å². The van der Waals surface area contributed by atoms with E-state index in [0.717, 1.165) is 16.7 Å². The second-order valence-electron chi connectivity index (χ2n) is 7.95. The van der Waals surface area contributed by atoms with Crippen molar-refractivity contribution in [2.45, 2.75) is 20.1 Å². The summed E-state index contributed by atoms with van der Waals surface area (Å²) in [5.74, 6) is 1.04. The summed E-state index contributed by atoms with van der Waals surface area (Å²) in [7, 11) is 0. The Hall–Kier alpha value is -4.09. The fraction of sp³-hybridized carbons (Fsp3) is 0.103. The van der Waals surface area contributed by atoms with Crippen molar-refractivity contribution in [3.05, 3.63) is 130 Å². The fourth-order valence-corrected chi connectivity index (χ4v) is 3.36. The zero-order valence-corrected chi connectivity index (χ0v) is 20.0. The van der Waals surface area contributed by atoms with Crippen molar-refractivity contribution in [2.24, 2.45) is 5.10 Å². The Morgan fingerprint density at radius 3 is 2.17 bits per heavy atom. The van der Waals surface area contributed by atoms with Crippen LogP contribution >= 0.6 is 11.6 Å². The van der Waals surface area contributed by atoms with E-state index < -0.39 is 0 Å². The molecule has 0 radical (unpaired) electrons. The number of benzene rings is 4. The molecule has 0 spiro atoms. The molecule has 4 aromatic carbocycles. The fourth-order valence-electron chi connectivity index (χ4n) is 3.24. The highest BCUT2D eigenvalue weighted by molar-refractivity contribution is 6.30. The summed E-state index contributed by atoms with van der Waals surface area (Å²) >= 11 is 5.90. The lowest BCUT2D eigenvalue weighted by molar-refractivity contribution is 0.0955. The normalized spacial score (nSPS) is 10.8. The number of para-hydroxylation sites is 1. The van der Waals surface area contributed by atoms with Crippen molar-refractivity contribution in [1.29, 1.82) is 0 Å². The third-order valence-corrected chi connectivity index (χ3v) is 5.49. The number of hydrogen-bond donors (Lipinski definition) is 1. The molecule has 6 heteroatoms. The first-order valence-corrected chi connectivity index (χ1v) is 11.5. The van der Waals surface area contributed by atoms with Crippen molar-refractivity contribution in [3.63, 3.8) is 0 Å². The first kappa shape index (κ1) is 24.0. The number of rotatable bonds is 9. The smallest absolute Gasteiger partial charge is 0.271 e. The van der Waals surface area contributed by atoms with Gasteiger partial charge in [0, 0.05) is 16.1 Å². The molecule has 0 aliphatic rings. The van der Waals surface area contributed by atoms with E-state index in [-0.39, 0.29) is 5.91 Å². The van der Waals surface area contributed by atoms with Crippen LogP contribution in [0.15, 0.2) is 102 Å². The molecule has 1 N–H and O–H groups in total. The summed E-state index contributed by atoms with van der Waals surface area (Å²) in [5, 5.41) is 4.79. The summed E-state index contributed by atoms with van der Waals surface area (Å²) in [5.41, 5.74) is 7.10. The standard InChI is InChI=1S/C29H25ClN2O3/c1-21-6-8-22(9-7-21)20-35-28-5-3-2-4-25(28)18-31-32-29(33)24-12-16-27(17-13-24)34-19-23-10-14-26(30)15-11-23/h2-18H,19-20H2,1H3,(H,32,33)/b31-18+. The molecule has 0 unspecified atom stereocenters. The molecule has 1 amide bonds. The van der Waals surface area contributed by atoms with Crippen LogP contribution in [0.4, 0.5) is 0 Å². The van der Waals surface area contributed by atoms with Crippen LogP contribution in [0.25, 0.3) is 0 Å². The van der Waals surface area contributed by atoms with Gasteiger partial charge in [-0.2, -0.15) is 5.10 Å². The molecule has 0 fully saturated rings. The quantitative estimate of drug-likeness (QED) is 0.216. The number of aryl methyl sites for hydroxylation is 1. The Balaban J connectivity index is 1.30. The monoisotopic (exact) mass is 484 g/mol. The maximum Gasteiger partial charge on any atom is 0.271 e. The van der Waals surface area contributed by atoms with Crippen LogP contribution in [-0.2, 0) is 13.2 Å². The molecule has 0 saturated heterocycles. The van der Waals surface area contributed by atoms with E-state index in [4.69, 9.17) is 21.1 Å². The number of ether oxygens (including phenoxy) is 2. The maximum absolute atomic E-state index is 12.5. The highest BCUT2D eigenvalue weighted by Crippen LogP contribution is 2.18. The minimum Gasteiger partial charge on any atom is -0.489 e. The molecule has 0 heterocycles. The number of nitrogens with one attached hydrogen (secondary N) is 1. The van der Waals surface area contributed by atoms with E-state index in [1.807, 2.05) is 60.7 Å². The molecule has 5 nitrogen and oxygen atoms in total. The predicted octanol–water partition coefficient (Wildman–Crippen LogP) is 6.57. The molecule has 176 valence electrons. The van der Waals surface area contributed by atoms with Gasteiger partial charge in [-0.15, -0.1) is 0 Å². The minimum atomic E-state index is -0.316. The van der Waals surface area contributed by atoms with Gasteiger partial charge in [0.25, 0.3) is 5.91 Å². The van der Waals surface area contributed by atoms with Gasteiger partial charge >= 0.3 is 0 Å². The summed E-state index contributed by atoms with van der Waals surface area (Å²) in [6, 6.07) is 30.1. The number of nitrogens with zero attached hydrogens (tertiary/aromatic N) is 1. The van der Waals surface area contributed by atoms with Gasteiger partial charge in [0.05, 0.1) is 6.21 Å². The van der Waals surface area contributed by atoms with Gasteiger partial charge in [-0.05, 0) is 66.6 Å². The third-order valence-electron chi connectivity index (χ3n) is 5.24. The Morgan fingerprint density at radius 1 is 0.829 bits per heavy atom. The third kappa shape index (κ3) is 7.19. The molecule has 4 rings (SSSR count). The number of amides is 1. The summed E-state index contributed by atoms with van der Waals surface area (Å²) < 4.78 is 11.7. The second kappa shape index (κ2) is 11.9. The number of halogens is 1. The van der Waals surface area contributed by atoms with Gasteiger partial charge in [0.1, 0.15) is 24.7 Å². The highest BCUT2D eigenvalue weighted by atomic mass is 35.5. The molecule has 4 aromatic rings. The van der Waals surface area contributed by atoms with Crippen molar-refractivity contribution < 1.29 is 14.3 Å². The van der Waals surface area contributed by atoms with Gasteiger partial charge in [-0.3, -0.25) is 4.79 Å². The molecule has 0 aliphatic carbocycles. The Labute approximate surface area is 210 Å². The van der Waals surface area contributed by atoms with Gasteiger partial charge in [0.15, 0.2) is 0 Å².